The van der Waals surface area contributed by atoms with Crippen LogP contribution in [0.3, 0.4) is 0 Å². The van der Waals surface area contributed by atoms with Gasteiger partial charge in [0.1, 0.15) is 11.6 Å². The van der Waals surface area contributed by atoms with Crippen LogP contribution in [0.25, 0.3) is 0 Å². The molecule has 0 aromatic rings. The van der Waals surface area contributed by atoms with Crippen molar-refractivity contribution in [3.63, 3.8) is 0 Å². The van der Waals surface area contributed by atoms with Crippen LogP contribution < -0.4 is 16.6 Å². The van der Waals surface area contributed by atoms with Gasteiger partial charge >= 0.3 is 0 Å². The summed E-state index contributed by atoms with van der Waals surface area (Å²) in [4.78, 5) is 10.9. The average molecular weight is 167 g/mol. The van der Waals surface area contributed by atoms with Gasteiger partial charge in [-0.3, -0.25) is 9.80 Å². The van der Waals surface area contributed by atoms with Crippen molar-refractivity contribution in [2.24, 2.45) is 5.73 Å². The molecule has 4 N–H and O–H groups in total. The fourth-order valence-corrected chi connectivity index (χ4v) is 1.13. The first-order valence-corrected chi connectivity index (χ1v) is 3.46. The second-order valence-corrected chi connectivity index (χ2v) is 2.62. The zero-order chi connectivity index (χ0) is 8.72. The van der Waals surface area contributed by atoms with Gasteiger partial charge in [-0.15, -0.1) is 5.53 Å². The highest BCUT2D eigenvalue weighted by molar-refractivity contribution is 5.90. The summed E-state index contributed by atoms with van der Waals surface area (Å²) in [7, 11) is 1.81. The van der Waals surface area contributed by atoms with Crippen molar-refractivity contribution < 1.29 is 4.79 Å². The molecule has 0 spiro atoms. The van der Waals surface area contributed by atoms with Gasteiger partial charge in [0.2, 0.25) is 0 Å². The molecule has 6 heteroatoms. The van der Waals surface area contributed by atoms with Crippen molar-refractivity contribution in [3.8, 4) is 0 Å². The van der Waals surface area contributed by atoms with E-state index in [-0.39, 0.29) is 5.91 Å². The summed E-state index contributed by atoms with van der Waals surface area (Å²) in [5.41, 5.74) is 8.46. The van der Waals surface area contributed by atoms with Crippen molar-refractivity contribution in [1.29, 1.82) is 0 Å². The van der Waals surface area contributed by atoms with E-state index in [0.29, 0.717) is 11.6 Å². The monoisotopic (exact) mass is 167 g/mol. The van der Waals surface area contributed by atoms with Gasteiger partial charge in [-0.1, -0.05) is 0 Å². The molecule has 1 amide bonds. The quantitative estimate of drug-likeness (QED) is 0.404. The molecule has 0 atom stereocenters. The number of carbonyl (C=O) groups excluding carboxylic acids is 1. The van der Waals surface area contributed by atoms with E-state index < -0.39 is 0 Å². The van der Waals surface area contributed by atoms with E-state index in [0.717, 1.165) is 0 Å². The molecule has 0 saturated heterocycles. The summed E-state index contributed by atoms with van der Waals surface area (Å²) in [5.74, 6) is 0.823. The van der Waals surface area contributed by atoms with Gasteiger partial charge < -0.3 is 11.1 Å². The lowest BCUT2D eigenvalue weighted by molar-refractivity contribution is -0.117. The summed E-state index contributed by atoms with van der Waals surface area (Å²) in [6.07, 6.45) is 3.06. The van der Waals surface area contributed by atoms with Crippen LogP contribution in [-0.2, 0) is 4.79 Å². The number of nitrogens with one attached hydrogen (secondary N) is 2. The van der Waals surface area contributed by atoms with E-state index in [1.165, 1.54) is 6.08 Å². The van der Waals surface area contributed by atoms with Crippen LogP contribution in [-0.4, -0.2) is 23.0 Å². The van der Waals surface area contributed by atoms with Crippen molar-refractivity contribution in [3.05, 3.63) is 23.9 Å². The molecule has 2 aliphatic heterocycles. The van der Waals surface area contributed by atoms with Gasteiger partial charge in [0.25, 0.3) is 5.91 Å². The number of carbonyl (C=O) groups is 1. The van der Waals surface area contributed by atoms with Crippen LogP contribution in [0.4, 0.5) is 0 Å². The molecule has 6 nitrogen and oxygen atoms in total. The van der Waals surface area contributed by atoms with Crippen LogP contribution in [0, 0.1) is 0 Å². The first-order valence-electron chi connectivity index (χ1n) is 3.46. The molecule has 0 aliphatic carbocycles. The predicted octanol–water partition coefficient (Wildman–Crippen LogP) is -1.62. The number of amides is 1. The Morgan fingerprint density at radius 2 is 2.33 bits per heavy atom. The Kier molecular flexibility index (Phi) is 1.25. The maximum Gasteiger partial charge on any atom is 0.253 e. The van der Waals surface area contributed by atoms with E-state index in [4.69, 9.17) is 5.73 Å². The second kappa shape index (κ2) is 2.15. The predicted molar refractivity (Wildman–Crippen MR) is 41.2 cm³/mol. The number of nitrogens with two attached hydrogens (primary N) is 1. The topological polar surface area (TPSA) is 73.6 Å². The number of rotatable bonds is 0. The standard InChI is InChI=1S/C6H9N5O/c1-10-3-5-8-6(12)2-4(7)11(5)9-10/h2-3,9H,7H2,1H3,(H,8,12). The van der Waals surface area contributed by atoms with Crippen LogP contribution in [0.1, 0.15) is 0 Å². The Hall–Kier alpha value is -1.69. The minimum Gasteiger partial charge on any atom is -0.384 e. The molecule has 0 unspecified atom stereocenters. The SMILES string of the molecule is CN1C=C2NC(=O)C=C(N)N2N1. The lowest BCUT2D eigenvalue weighted by Gasteiger charge is -2.25. The zero-order valence-electron chi connectivity index (χ0n) is 6.53. The van der Waals surface area contributed by atoms with Crippen molar-refractivity contribution in [2.75, 3.05) is 7.05 Å². The molecule has 0 radical (unpaired) electrons. The minimum absolute atomic E-state index is 0.202. The summed E-state index contributed by atoms with van der Waals surface area (Å²) in [5, 5.41) is 5.91. The van der Waals surface area contributed by atoms with Crippen molar-refractivity contribution in [2.45, 2.75) is 0 Å². The van der Waals surface area contributed by atoms with Gasteiger partial charge in [-0.05, 0) is 0 Å². The van der Waals surface area contributed by atoms with Gasteiger partial charge in [-0.25, -0.2) is 5.01 Å². The smallest absolute Gasteiger partial charge is 0.253 e. The Morgan fingerprint density at radius 3 is 3.08 bits per heavy atom. The molecule has 64 valence electrons. The van der Waals surface area contributed by atoms with Gasteiger partial charge in [0.15, 0.2) is 0 Å². The van der Waals surface area contributed by atoms with Crippen LogP contribution >= 0.6 is 0 Å². The lowest BCUT2D eigenvalue weighted by atomic mass is 10.4. The van der Waals surface area contributed by atoms with E-state index >= 15 is 0 Å². The van der Waals surface area contributed by atoms with Gasteiger partial charge in [0, 0.05) is 13.1 Å². The summed E-state index contributed by atoms with van der Waals surface area (Å²) in [6, 6.07) is 0. The number of nitrogens with zero attached hydrogens (tertiary/aromatic N) is 2. The third-order valence-electron chi connectivity index (χ3n) is 1.60. The van der Waals surface area contributed by atoms with Crippen LogP contribution in [0.2, 0.25) is 0 Å². The second-order valence-electron chi connectivity index (χ2n) is 2.62. The van der Waals surface area contributed by atoms with E-state index in [1.807, 2.05) is 7.05 Å². The molecule has 12 heavy (non-hydrogen) atoms. The molecule has 0 aromatic heterocycles. The Morgan fingerprint density at radius 1 is 1.58 bits per heavy atom. The maximum atomic E-state index is 10.9. The van der Waals surface area contributed by atoms with Crippen molar-refractivity contribution >= 4 is 5.91 Å². The number of hydrogen-bond acceptors (Lipinski definition) is 5. The Balaban J connectivity index is 2.34. The average Bonchev–Trinajstić information content (AvgIpc) is 2.29. The fourth-order valence-electron chi connectivity index (χ4n) is 1.13. The first-order chi connectivity index (χ1) is 5.66. The summed E-state index contributed by atoms with van der Waals surface area (Å²) < 4.78 is 0. The third-order valence-corrected chi connectivity index (χ3v) is 1.60. The largest absolute Gasteiger partial charge is 0.384 e. The highest BCUT2D eigenvalue weighted by Gasteiger charge is 2.25. The van der Waals surface area contributed by atoms with E-state index in [2.05, 4.69) is 10.9 Å². The molecular formula is C6H9N5O. The maximum absolute atomic E-state index is 10.9. The normalized spacial score (nSPS) is 21.6. The van der Waals surface area contributed by atoms with Gasteiger partial charge in [0.05, 0.1) is 6.20 Å². The lowest BCUT2D eigenvalue weighted by Crippen LogP contribution is -2.46. The molecule has 2 rings (SSSR count). The molecule has 0 saturated carbocycles. The molecule has 0 aromatic carbocycles. The van der Waals surface area contributed by atoms with Crippen LogP contribution in [0.15, 0.2) is 23.9 Å². The van der Waals surface area contributed by atoms with Gasteiger partial charge in [-0.2, -0.15) is 0 Å². The highest BCUT2D eigenvalue weighted by atomic mass is 16.2. The highest BCUT2D eigenvalue weighted by Crippen LogP contribution is 2.13. The Bertz CT molecular complexity index is 294. The summed E-state index contributed by atoms with van der Waals surface area (Å²) >= 11 is 0. The number of hydrogen-bond donors (Lipinski definition) is 3. The zero-order valence-corrected chi connectivity index (χ0v) is 6.53. The Labute approximate surface area is 69.2 Å². The molecule has 2 aliphatic rings. The number of fused-ring (bicyclic) bond motifs is 1. The molecular weight excluding hydrogens is 158 g/mol. The van der Waals surface area contributed by atoms with E-state index in [9.17, 15) is 4.79 Å². The van der Waals surface area contributed by atoms with E-state index in [1.54, 1.807) is 16.2 Å². The molecule has 0 fully saturated rings. The number of hydrazine groups is 2. The minimum atomic E-state index is -0.202. The summed E-state index contributed by atoms with van der Waals surface area (Å²) in [6.45, 7) is 0. The van der Waals surface area contributed by atoms with Crippen molar-refractivity contribution in [1.82, 2.24) is 20.9 Å². The molecule has 2 heterocycles. The van der Waals surface area contributed by atoms with Crippen LogP contribution in [0.5, 0.6) is 0 Å². The first kappa shape index (κ1) is 6.99. The third kappa shape index (κ3) is 0.892. The molecule has 0 bridgehead atoms. The fraction of sp³-hybridized carbons (Fsp3) is 0.167.